The number of nitrogens with zero attached hydrogens (tertiary/aromatic N) is 3. The number of nitrogens with one attached hydrogen (secondary N) is 1. The van der Waals surface area contributed by atoms with Crippen LogP contribution in [0.5, 0.6) is 0 Å². The Morgan fingerprint density at radius 2 is 1.93 bits per heavy atom. The molecule has 8 nitrogen and oxygen atoms in total. The van der Waals surface area contributed by atoms with Crippen LogP contribution >= 0.6 is 0 Å². The maximum Gasteiger partial charge on any atom is 0.255 e. The van der Waals surface area contributed by atoms with E-state index in [0.29, 0.717) is 36.6 Å². The molecule has 2 aliphatic heterocycles. The van der Waals surface area contributed by atoms with Crippen molar-refractivity contribution in [2.75, 3.05) is 48.0 Å². The molecule has 0 saturated carbocycles. The van der Waals surface area contributed by atoms with Gasteiger partial charge in [-0.2, -0.15) is 5.10 Å². The van der Waals surface area contributed by atoms with Crippen LogP contribution < -0.4 is 10.2 Å². The summed E-state index contributed by atoms with van der Waals surface area (Å²) >= 11 is 0. The number of aryl methyl sites for hydroxylation is 2. The summed E-state index contributed by atoms with van der Waals surface area (Å²) < 4.78 is 30.8. The lowest BCUT2D eigenvalue weighted by atomic mass is 10.1. The highest BCUT2D eigenvalue weighted by atomic mass is 32.2. The molecule has 1 aromatic carbocycles. The first-order valence-electron chi connectivity index (χ1n) is 10.3. The lowest BCUT2D eigenvalue weighted by molar-refractivity contribution is 0.102. The van der Waals surface area contributed by atoms with E-state index in [9.17, 15) is 13.2 Å². The lowest BCUT2D eigenvalue weighted by Gasteiger charge is -2.30. The van der Waals surface area contributed by atoms with Crippen LogP contribution in [0.15, 0.2) is 18.2 Å². The molecular weight excluding hydrogens is 404 g/mol. The number of hydrogen-bond acceptors (Lipinski definition) is 6. The first kappa shape index (κ1) is 20.9. The first-order valence-corrected chi connectivity index (χ1v) is 12.1. The van der Waals surface area contributed by atoms with E-state index < -0.39 is 9.84 Å². The SMILES string of the molecule is Cc1cc(C(=O)Nc2c(C)nn(C3CCS(=O)(=O)C3)c2C)ccc1N1CCOCC1. The zero-order valence-corrected chi connectivity index (χ0v) is 18.5. The van der Waals surface area contributed by atoms with Crippen molar-refractivity contribution in [3.8, 4) is 0 Å². The van der Waals surface area contributed by atoms with Gasteiger partial charge in [0.25, 0.3) is 5.91 Å². The van der Waals surface area contributed by atoms with E-state index in [1.807, 2.05) is 39.0 Å². The third-order valence-electron chi connectivity index (χ3n) is 5.93. The van der Waals surface area contributed by atoms with E-state index in [4.69, 9.17) is 4.74 Å². The molecule has 2 aromatic rings. The van der Waals surface area contributed by atoms with Crippen molar-refractivity contribution in [3.63, 3.8) is 0 Å². The fourth-order valence-electron chi connectivity index (χ4n) is 4.31. The highest BCUT2D eigenvalue weighted by molar-refractivity contribution is 7.91. The minimum atomic E-state index is -3.01. The highest BCUT2D eigenvalue weighted by Crippen LogP contribution is 2.30. The van der Waals surface area contributed by atoms with E-state index in [1.54, 1.807) is 4.68 Å². The van der Waals surface area contributed by atoms with Gasteiger partial charge in [0.1, 0.15) is 0 Å². The molecule has 0 bridgehead atoms. The molecule has 1 unspecified atom stereocenters. The van der Waals surface area contributed by atoms with Crippen molar-refractivity contribution < 1.29 is 17.9 Å². The number of amides is 1. The molecule has 4 rings (SSSR count). The molecule has 1 amide bonds. The van der Waals surface area contributed by atoms with Crippen LogP contribution in [0.2, 0.25) is 0 Å². The number of ether oxygens (including phenoxy) is 1. The minimum Gasteiger partial charge on any atom is -0.378 e. The molecule has 0 aliphatic carbocycles. The van der Waals surface area contributed by atoms with Crippen molar-refractivity contribution >= 4 is 27.1 Å². The average molecular weight is 433 g/mol. The Hall–Kier alpha value is -2.39. The number of benzene rings is 1. The second-order valence-electron chi connectivity index (χ2n) is 8.10. The lowest BCUT2D eigenvalue weighted by Crippen LogP contribution is -2.36. The Morgan fingerprint density at radius 3 is 2.57 bits per heavy atom. The number of sulfone groups is 1. The van der Waals surface area contributed by atoms with Gasteiger partial charge in [-0.15, -0.1) is 0 Å². The summed E-state index contributed by atoms with van der Waals surface area (Å²) in [6, 6.07) is 5.56. The summed E-state index contributed by atoms with van der Waals surface area (Å²) in [7, 11) is -3.01. The number of aromatic nitrogens is 2. The van der Waals surface area contributed by atoms with E-state index in [0.717, 1.165) is 30.0 Å². The van der Waals surface area contributed by atoms with Crippen LogP contribution in [0.25, 0.3) is 0 Å². The van der Waals surface area contributed by atoms with Gasteiger partial charge >= 0.3 is 0 Å². The van der Waals surface area contributed by atoms with Crippen LogP contribution in [0.4, 0.5) is 11.4 Å². The van der Waals surface area contributed by atoms with E-state index >= 15 is 0 Å². The zero-order chi connectivity index (χ0) is 21.5. The number of anilines is 2. The minimum absolute atomic E-state index is 0.102. The van der Waals surface area contributed by atoms with E-state index in [2.05, 4.69) is 15.3 Å². The molecule has 1 aromatic heterocycles. The quantitative estimate of drug-likeness (QED) is 0.797. The van der Waals surface area contributed by atoms with Crippen LogP contribution in [-0.2, 0) is 14.6 Å². The smallest absolute Gasteiger partial charge is 0.255 e. The third-order valence-corrected chi connectivity index (χ3v) is 7.68. The van der Waals surface area contributed by atoms with Crippen molar-refractivity contribution in [3.05, 3.63) is 40.7 Å². The predicted octanol–water partition coefficient (Wildman–Crippen LogP) is 2.26. The van der Waals surface area contributed by atoms with Gasteiger partial charge in [0.2, 0.25) is 0 Å². The molecular formula is C21H28N4O4S. The molecule has 1 atom stereocenters. The highest BCUT2D eigenvalue weighted by Gasteiger charge is 2.31. The van der Waals surface area contributed by atoms with E-state index in [-0.39, 0.29) is 23.5 Å². The Balaban J connectivity index is 1.52. The van der Waals surface area contributed by atoms with Gasteiger partial charge < -0.3 is 15.0 Å². The van der Waals surface area contributed by atoms with Gasteiger partial charge in [0.15, 0.2) is 9.84 Å². The zero-order valence-electron chi connectivity index (χ0n) is 17.6. The Kier molecular flexibility index (Phi) is 5.59. The van der Waals surface area contributed by atoms with E-state index in [1.165, 1.54) is 0 Å². The first-order chi connectivity index (χ1) is 14.2. The summed E-state index contributed by atoms with van der Waals surface area (Å²) in [5.74, 6) is 0.0910. The monoisotopic (exact) mass is 432 g/mol. The molecule has 9 heteroatoms. The van der Waals surface area contributed by atoms with Crippen LogP contribution in [0, 0.1) is 20.8 Å². The second-order valence-corrected chi connectivity index (χ2v) is 10.3. The molecule has 2 fully saturated rings. The van der Waals surface area contributed by atoms with Crippen LogP contribution in [-0.4, -0.2) is 61.9 Å². The molecule has 0 radical (unpaired) electrons. The topological polar surface area (TPSA) is 93.5 Å². The van der Waals surface area contributed by atoms with Crippen molar-refractivity contribution in [2.24, 2.45) is 0 Å². The van der Waals surface area contributed by atoms with Crippen LogP contribution in [0.3, 0.4) is 0 Å². The number of hydrogen-bond donors (Lipinski definition) is 1. The number of morpholine rings is 1. The predicted molar refractivity (Wildman–Crippen MR) is 116 cm³/mol. The largest absolute Gasteiger partial charge is 0.378 e. The summed E-state index contributed by atoms with van der Waals surface area (Å²) in [4.78, 5) is 15.2. The Labute approximate surface area is 177 Å². The van der Waals surface area contributed by atoms with Crippen molar-refractivity contribution in [1.82, 2.24) is 9.78 Å². The number of rotatable bonds is 4. The standard InChI is InChI=1S/C21H28N4O4S/c1-14-12-17(4-5-19(14)24-7-9-29-10-8-24)21(26)22-20-15(2)23-25(16(20)3)18-6-11-30(27,28)13-18/h4-5,12,18H,6-11,13H2,1-3H3,(H,22,26). The van der Waals surface area contributed by atoms with Gasteiger partial charge in [-0.25, -0.2) is 8.42 Å². The fourth-order valence-corrected chi connectivity index (χ4v) is 6.00. The summed E-state index contributed by atoms with van der Waals surface area (Å²) in [5, 5.41) is 7.50. The third kappa shape index (κ3) is 4.09. The Morgan fingerprint density at radius 1 is 1.20 bits per heavy atom. The molecule has 2 aliphatic rings. The molecule has 1 N–H and O–H groups in total. The van der Waals surface area contributed by atoms with Crippen molar-refractivity contribution in [1.29, 1.82) is 0 Å². The van der Waals surface area contributed by atoms with Gasteiger partial charge in [0, 0.05) is 24.3 Å². The molecule has 162 valence electrons. The maximum atomic E-state index is 12.9. The normalized spacial score (nSPS) is 21.0. The summed E-state index contributed by atoms with van der Waals surface area (Å²) in [6.07, 6.45) is 0.555. The number of carbonyl (C=O) groups is 1. The second kappa shape index (κ2) is 8.03. The maximum absolute atomic E-state index is 12.9. The van der Waals surface area contributed by atoms with Gasteiger partial charge in [0.05, 0.1) is 47.8 Å². The fraction of sp³-hybridized carbons (Fsp3) is 0.524. The van der Waals surface area contributed by atoms with Gasteiger partial charge in [-0.05, 0) is 51.0 Å². The summed E-state index contributed by atoms with van der Waals surface area (Å²) in [6.45, 7) is 8.83. The average Bonchev–Trinajstić information content (AvgIpc) is 3.21. The van der Waals surface area contributed by atoms with Crippen molar-refractivity contribution in [2.45, 2.75) is 33.2 Å². The molecule has 2 saturated heterocycles. The Bertz CT molecular complexity index is 1070. The molecule has 3 heterocycles. The molecule has 30 heavy (non-hydrogen) atoms. The van der Waals surface area contributed by atoms with Gasteiger partial charge in [-0.1, -0.05) is 0 Å². The number of carbonyl (C=O) groups excluding carboxylic acids is 1. The summed E-state index contributed by atoms with van der Waals surface area (Å²) in [5.41, 5.74) is 4.87. The van der Waals surface area contributed by atoms with Gasteiger partial charge in [-0.3, -0.25) is 9.48 Å². The van der Waals surface area contributed by atoms with Crippen LogP contribution in [0.1, 0.15) is 39.8 Å². The molecule has 0 spiro atoms.